The topological polar surface area (TPSA) is 65.0 Å². The number of hydrogen-bond donors (Lipinski definition) is 1. The molecule has 1 unspecified atom stereocenters. The van der Waals surface area contributed by atoms with E-state index in [0.717, 1.165) is 0 Å². The molecule has 1 atom stereocenters. The maximum absolute atomic E-state index is 11.7. The second-order valence-corrected chi connectivity index (χ2v) is 5.14. The van der Waals surface area contributed by atoms with E-state index in [2.05, 4.69) is 0 Å². The van der Waals surface area contributed by atoms with Crippen LogP contribution in [0.2, 0.25) is 5.02 Å². The van der Waals surface area contributed by atoms with Crippen LogP contribution in [-0.4, -0.2) is 24.5 Å². The van der Waals surface area contributed by atoms with Gasteiger partial charge in [-0.05, 0) is 18.9 Å². The van der Waals surface area contributed by atoms with E-state index in [4.69, 9.17) is 25.8 Å². The minimum absolute atomic E-state index is 0.0294. The summed E-state index contributed by atoms with van der Waals surface area (Å²) in [5, 5.41) is 10.5. The summed E-state index contributed by atoms with van der Waals surface area (Å²) in [7, 11) is 0. The zero-order valence-electron chi connectivity index (χ0n) is 11.6. The van der Waals surface area contributed by atoms with Crippen LogP contribution < -0.4 is 9.47 Å². The average molecular weight is 301 g/mol. The minimum Gasteiger partial charge on any atom is -0.464 e. The monoisotopic (exact) mass is 300 g/mol. The van der Waals surface area contributed by atoms with Crippen molar-refractivity contribution in [3.8, 4) is 11.5 Å². The molecule has 1 aliphatic rings. The molecule has 0 fully saturated rings. The Morgan fingerprint density at radius 1 is 1.45 bits per heavy atom. The molecule has 1 heterocycles. The third kappa shape index (κ3) is 2.55. The van der Waals surface area contributed by atoms with Gasteiger partial charge in [-0.2, -0.15) is 0 Å². The van der Waals surface area contributed by atoms with Crippen molar-refractivity contribution < 1.29 is 24.1 Å². The Morgan fingerprint density at radius 2 is 2.10 bits per heavy atom. The fraction of sp³-hybridized carbons (Fsp3) is 0.500. The Bertz CT molecular complexity index is 527. The van der Waals surface area contributed by atoms with Crippen LogP contribution in [0.5, 0.6) is 11.5 Å². The Hall–Kier alpha value is -1.46. The van der Waals surface area contributed by atoms with Gasteiger partial charge in [-0.3, -0.25) is 0 Å². The van der Waals surface area contributed by atoms with Gasteiger partial charge in [-0.15, -0.1) is 0 Å². The van der Waals surface area contributed by atoms with E-state index in [9.17, 15) is 9.90 Å². The molecule has 20 heavy (non-hydrogen) atoms. The molecular weight excluding hydrogens is 284 g/mol. The third-order valence-electron chi connectivity index (χ3n) is 3.05. The molecule has 2 rings (SSSR count). The molecule has 0 radical (unpaired) electrons. The van der Waals surface area contributed by atoms with Crippen molar-refractivity contribution in [1.29, 1.82) is 0 Å². The quantitative estimate of drug-likeness (QED) is 0.866. The number of esters is 1. The highest BCUT2D eigenvalue weighted by Crippen LogP contribution is 2.47. The standard InChI is InChI=1S/C14H17ClO5/c1-4-18-14(17)11(16)8-5-9(15)12-13(20-6-19-12)10(8)7(2)3/h5,7,11,16H,4,6H2,1-3H3. The molecule has 1 N–H and O–H groups in total. The lowest BCUT2D eigenvalue weighted by atomic mass is 9.92. The molecule has 0 aliphatic carbocycles. The highest BCUT2D eigenvalue weighted by atomic mass is 35.5. The van der Waals surface area contributed by atoms with Gasteiger partial charge < -0.3 is 19.3 Å². The molecule has 0 saturated carbocycles. The SMILES string of the molecule is CCOC(=O)C(O)c1cc(Cl)c2c(c1C(C)C)OCO2. The molecule has 0 amide bonds. The predicted molar refractivity (Wildman–Crippen MR) is 73.3 cm³/mol. The third-order valence-corrected chi connectivity index (χ3v) is 3.33. The lowest BCUT2D eigenvalue weighted by molar-refractivity contribution is -0.153. The first-order chi connectivity index (χ1) is 9.47. The van der Waals surface area contributed by atoms with Gasteiger partial charge in [0.25, 0.3) is 0 Å². The summed E-state index contributed by atoms with van der Waals surface area (Å²) in [6, 6.07) is 1.53. The van der Waals surface area contributed by atoms with Crippen LogP contribution in [0.15, 0.2) is 6.07 Å². The summed E-state index contributed by atoms with van der Waals surface area (Å²) in [6.45, 7) is 5.83. The molecule has 1 aliphatic heterocycles. The number of benzene rings is 1. The molecule has 0 bridgehead atoms. The van der Waals surface area contributed by atoms with Crippen molar-refractivity contribution in [2.45, 2.75) is 32.8 Å². The second kappa shape index (κ2) is 5.89. The van der Waals surface area contributed by atoms with Crippen LogP contribution in [0.25, 0.3) is 0 Å². The lowest BCUT2D eigenvalue weighted by Gasteiger charge is -2.19. The van der Waals surface area contributed by atoms with Crippen LogP contribution >= 0.6 is 11.6 Å². The van der Waals surface area contributed by atoms with Gasteiger partial charge in [0.2, 0.25) is 6.79 Å². The average Bonchev–Trinajstić information content (AvgIpc) is 2.87. The highest BCUT2D eigenvalue weighted by Gasteiger charge is 2.31. The summed E-state index contributed by atoms with van der Waals surface area (Å²) in [5.74, 6) is 0.271. The molecular formula is C14H17ClO5. The van der Waals surface area contributed by atoms with Crippen LogP contribution in [0.1, 0.15) is 43.9 Å². The minimum atomic E-state index is -1.39. The van der Waals surface area contributed by atoms with E-state index in [-0.39, 0.29) is 19.3 Å². The number of halogens is 1. The van der Waals surface area contributed by atoms with E-state index in [1.165, 1.54) is 6.07 Å². The molecule has 0 aromatic heterocycles. The van der Waals surface area contributed by atoms with Crippen molar-refractivity contribution in [3.05, 3.63) is 22.2 Å². The molecule has 110 valence electrons. The van der Waals surface area contributed by atoms with Gasteiger partial charge in [-0.1, -0.05) is 25.4 Å². The van der Waals surface area contributed by atoms with E-state index < -0.39 is 12.1 Å². The Balaban J connectivity index is 2.52. The number of aliphatic hydroxyl groups excluding tert-OH is 1. The Morgan fingerprint density at radius 3 is 2.70 bits per heavy atom. The van der Waals surface area contributed by atoms with Crippen LogP contribution in [0.3, 0.4) is 0 Å². The number of fused-ring (bicyclic) bond motifs is 1. The Kier molecular flexibility index (Phi) is 4.40. The number of hydrogen-bond acceptors (Lipinski definition) is 5. The first kappa shape index (κ1) is 14.9. The van der Waals surface area contributed by atoms with E-state index in [1.54, 1.807) is 6.92 Å². The second-order valence-electron chi connectivity index (χ2n) is 4.74. The number of ether oxygens (including phenoxy) is 3. The van der Waals surface area contributed by atoms with Gasteiger partial charge in [0.15, 0.2) is 17.6 Å². The largest absolute Gasteiger partial charge is 0.464 e. The molecule has 6 heteroatoms. The molecule has 0 spiro atoms. The maximum atomic E-state index is 11.7. The molecule has 0 saturated heterocycles. The fourth-order valence-electron chi connectivity index (χ4n) is 2.24. The fourth-order valence-corrected chi connectivity index (χ4v) is 2.49. The molecule has 1 aromatic rings. The molecule has 5 nitrogen and oxygen atoms in total. The van der Waals surface area contributed by atoms with Crippen molar-refractivity contribution in [2.24, 2.45) is 0 Å². The number of carbonyl (C=O) groups is 1. The van der Waals surface area contributed by atoms with Gasteiger partial charge in [0.05, 0.1) is 11.6 Å². The van der Waals surface area contributed by atoms with E-state index >= 15 is 0 Å². The lowest BCUT2D eigenvalue weighted by Crippen LogP contribution is -2.17. The van der Waals surface area contributed by atoms with Gasteiger partial charge in [-0.25, -0.2) is 4.79 Å². The summed E-state index contributed by atoms with van der Waals surface area (Å²) in [6.07, 6.45) is -1.39. The highest BCUT2D eigenvalue weighted by molar-refractivity contribution is 6.32. The number of aliphatic hydroxyl groups is 1. The van der Waals surface area contributed by atoms with E-state index in [0.29, 0.717) is 27.6 Å². The molecule has 1 aromatic carbocycles. The van der Waals surface area contributed by atoms with Crippen molar-refractivity contribution in [2.75, 3.05) is 13.4 Å². The van der Waals surface area contributed by atoms with Crippen LogP contribution in [0, 0.1) is 0 Å². The number of rotatable bonds is 4. The summed E-state index contributed by atoms with van der Waals surface area (Å²) in [4.78, 5) is 11.7. The van der Waals surface area contributed by atoms with Crippen LogP contribution in [0.4, 0.5) is 0 Å². The maximum Gasteiger partial charge on any atom is 0.339 e. The normalized spacial score (nSPS) is 14.5. The first-order valence-electron chi connectivity index (χ1n) is 6.43. The van der Waals surface area contributed by atoms with Crippen molar-refractivity contribution >= 4 is 17.6 Å². The zero-order valence-corrected chi connectivity index (χ0v) is 12.4. The summed E-state index contributed by atoms with van der Waals surface area (Å²) in [5.41, 5.74) is 1.11. The van der Waals surface area contributed by atoms with Crippen molar-refractivity contribution in [1.82, 2.24) is 0 Å². The van der Waals surface area contributed by atoms with Gasteiger partial charge in [0, 0.05) is 11.1 Å². The first-order valence-corrected chi connectivity index (χ1v) is 6.81. The zero-order chi connectivity index (χ0) is 14.9. The smallest absolute Gasteiger partial charge is 0.339 e. The van der Waals surface area contributed by atoms with Gasteiger partial charge >= 0.3 is 5.97 Å². The number of carbonyl (C=O) groups excluding carboxylic acids is 1. The summed E-state index contributed by atoms with van der Waals surface area (Å²) >= 11 is 6.11. The van der Waals surface area contributed by atoms with E-state index in [1.807, 2.05) is 13.8 Å². The predicted octanol–water partition coefficient (Wildman–Crippen LogP) is 2.79. The van der Waals surface area contributed by atoms with Gasteiger partial charge in [0.1, 0.15) is 0 Å². The Labute approximate surface area is 122 Å². The van der Waals surface area contributed by atoms with Crippen LogP contribution in [-0.2, 0) is 9.53 Å². The van der Waals surface area contributed by atoms with Crippen molar-refractivity contribution in [3.63, 3.8) is 0 Å². The summed E-state index contributed by atoms with van der Waals surface area (Å²) < 4.78 is 15.6.